The summed E-state index contributed by atoms with van der Waals surface area (Å²) in [4.78, 5) is 30.4. The zero-order valence-electron chi connectivity index (χ0n) is 9.58. The second-order valence-corrected chi connectivity index (χ2v) is 4.10. The molecule has 0 saturated heterocycles. The standard InChI is InChI=1S/C10H11N4O3P/c1-13(5-18)10(15)8-4-12-9-7(8)2-6(3-11-9)14(16)17/h2-4H,5,18H2,1H3,(H,11,12). The predicted molar refractivity (Wildman–Crippen MR) is 69.4 cm³/mol. The smallest absolute Gasteiger partial charge is 0.288 e. The van der Waals surface area contributed by atoms with Crippen molar-refractivity contribution in [1.82, 2.24) is 14.9 Å². The van der Waals surface area contributed by atoms with E-state index in [9.17, 15) is 14.9 Å². The first kappa shape index (κ1) is 12.4. The fourth-order valence-electron chi connectivity index (χ4n) is 1.56. The zero-order valence-corrected chi connectivity index (χ0v) is 10.7. The Hall–Kier alpha value is -2.01. The van der Waals surface area contributed by atoms with Crippen LogP contribution in [0.3, 0.4) is 0 Å². The summed E-state index contributed by atoms with van der Waals surface area (Å²) in [6.45, 7) is 0. The van der Waals surface area contributed by atoms with Gasteiger partial charge in [-0.05, 0) is 0 Å². The Balaban J connectivity index is 2.55. The predicted octanol–water partition coefficient (Wildman–Crippen LogP) is 1.38. The Bertz CT molecular complexity index is 625. The molecule has 18 heavy (non-hydrogen) atoms. The SMILES string of the molecule is CN(CP)C(=O)c1c[nH]c2ncc([N+](=O)[O-])cc12. The average Bonchev–Trinajstić information content (AvgIpc) is 2.79. The van der Waals surface area contributed by atoms with Crippen molar-refractivity contribution in [1.29, 1.82) is 0 Å². The van der Waals surface area contributed by atoms with Crippen molar-refractivity contribution in [3.63, 3.8) is 0 Å². The third kappa shape index (κ3) is 2.04. The van der Waals surface area contributed by atoms with Crippen LogP contribution in [0, 0.1) is 10.1 Å². The summed E-state index contributed by atoms with van der Waals surface area (Å²) >= 11 is 0. The van der Waals surface area contributed by atoms with E-state index in [2.05, 4.69) is 19.2 Å². The highest BCUT2D eigenvalue weighted by molar-refractivity contribution is 7.16. The van der Waals surface area contributed by atoms with Crippen molar-refractivity contribution >= 4 is 31.9 Å². The van der Waals surface area contributed by atoms with Crippen LogP contribution >= 0.6 is 9.24 Å². The van der Waals surface area contributed by atoms with E-state index in [1.54, 1.807) is 7.05 Å². The summed E-state index contributed by atoms with van der Waals surface area (Å²) in [5, 5.41) is 11.2. The first-order chi connectivity index (χ1) is 8.54. The summed E-state index contributed by atoms with van der Waals surface area (Å²) < 4.78 is 0. The van der Waals surface area contributed by atoms with Crippen LogP contribution in [0.25, 0.3) is 11.0 Å². The molecule has 2 heterocycles. The normalized spacial score (nSPS) is 10.6. The molecule has 0 bridgehead atoms. The average molecular weight is 266 g/mol. The number of amides is 1. The fraction of sp³-hybridized carbons (Fsp3) is 0.200. The molecule has 2 aromatic heterocycles. The van der Waals surface area contributed by atoms with Crippen LogP contribution in [-0.4, -0.2) is 39.0 Å². The monoisotopic (exact) mass is 266 g/mol. The van der Waals surface area contributed by atoms with Gasteiger partial charge in [0.05, 0.1) is 10.5 Å². The number of aromatic amines is 1. The first-order valence-electron chi connectivity index (χ1n) is 5.11. The van der Waals surface area contributed by atoms with E-state index in [-0.39, 0.29) is 11.6 Å². The maximum absolute atomic E-state index is 12.0. The maximum Gasteiger partial charge on any atom is 0.288 e. The first-order valence-corrected chi connectivity index (χ1v) is 5.93. The topological polar surface area (TPSA) is 92.1 Å². The second kappa shape index (κ2) is 4.70. The maximum atomic E-state index is 12.0. The molecule has 0 aromatic carbocycles. The molecule has 0 spiro atoms. The minimum absolute atomic E-state index is 0.135. The molecule has 0 aliphatic rings. The molecule has 2 aromatic rings. The molecule has 7 nitrogen and oxygen atoms in total. The number of carbonyl (C=O) groups is 1. The number of H-pyrrole nitrogens is 1. The quantitative estimate of drug-likeness (QED) is 0.516. The van der Waals surface area contributed by atoms with Gasteiger partial charge in [-0.1, -0.05) is 0 Å². The molecule has 2 rings (SSSR count). The molecular formula is C10H11N4O3P. The van der Waals surface area contributed by atoms with Gasteiger partial charge >= 0.3 is 0 Å². The third-order valence-corrected chi connectivity index (χ3v) is 3.13. The molecule has 1 amide bonds. The van der Waals surface area contributed by atoms with Crippen LogP contribution in [0.15, 0.2) is 18.5 Å². The van der Waals surface area contributed by atoms with Gasteiger partial charge < -0.3 is 9.88 Å². The molecule has 0 aliphatic heterocycles. The highest BCUT2D eigenvalue weighted by Crippen LogP contribution is 2.22. The number of nitro groups is 1. The van der Waals surface area contributed by atoms with Crippen LogP contribution in [0.1, 0.15) is 10.4 Å². The van der Waals surface area contributed by atoms with E-state index in [1.807, 2.05) is 0 Å². The minimum Gasteiger partial charge on any atom is -0.345 e. The van der Waals surface area contributed by atoms with Gasteiger partial charge in [0.15, 0.2) is 0 Å². The van der Waals surface area contributed by atoms with Crippen LogP contribution in [0.4, 0.5) is 5.69 Å². The second-order valence-electron chi connectivity index (χ2n) is 3.73. The fourth-order valence-corrected chi connectivity index (χ4v) is 1.72. The molecular weight excluding hydrogens is 255 g/mol. The van der Waals surface area contributed by atoms with Gasteiger partial charge in [0.1, 0.15) is 11.8 Å². The lowest BCUT2D eigenvalue weighted by Gasteiger charge is -2.13. The number of pyridine rings is 1. The van der Waals surface area contributed by atoms with Crippen molar-refractivity contribution in [3.8, 4) is 0 Å². The van der Waals surface area contributed by atoms with Crippen LogP contribution in [0.2, 0.25) is 0 Å². The molecule has 94 valence electrons. The van der Waals surface area contributed by atoms with Crippen LogP contribution in [-0.2, 0) is 0 Å². The molecule has 0 aliphatic carbocycles. The van der Waals surface area contributed by atoms with E-state index in [1.165, 1.54) is 17.2 Å². The summed E-state index contributed by atoms with van der Waals surface area (Å²) in [5.41, 5.74) is 0.705. The van der Waals surface area contributed by atoms with E-state index in [0.29, 0.717) is 22.9 Å². The number of fused-ring (bicyclic) bond motifs is 1. The number of hydrogen-bond acceptors (Lipinski definition) is 4. The summed E-state index contributed by atoms with van der Waals surface area (Å²) in [6.07, 6.45) is 3.15. The highest BCUT2D eigenvalue weighted by Gasteiger charge is 2.18. The minimum atomic E-state index is -0.535. The van der Waals surface area contributed by atoms with Crippen LogP contribution in [0.5, 0.6) is 0 Å². The zero-order chi connectivity index (χ0) is 13.3. The Morgan fingerprint density at radius 1 is 1.67 bits per heavy atom. The van der Waals surface area contributed by atoms with Gasteiger partial charge in [-0.15, -0.1) is 9.24 Å². The van der Waals surface area contributed by atoms with Gasteiger partial charge in [-0.3, -0.25) is 14.9 Å². The Morgan fingerprint density at radius 2 is 2.39 bits per heavy atom. The summed E-state index contributed by atoms with van der Waals surface area (Å²) in [7, 11) is 4.09. The number of nitrogens with zero attached hydrogens (tertiary/aromatic N) is 3. The Kier molecular flexibility index (Phi) is 3.25. The highest BCUT2D eigenvalue weighted by atomic mass is 31.0. The van der Waals surface area contributed by atoms with E-state index >= 15 is 0 Å². The molecule has 1 unspecified atom stereocenters. The van der Waals surface area contributed by atoms with E-state index < -0.39 is 4.92 Å². The lowest BCUT2D eigenvalue weighted by atomic mass is 10.2. The molecule has 1 N–H and O–H groups in total. The van der Waals surface area contributed by atoms with Gasteiger partial charge in [-0.25, -0.2) is 4.98 Å². The Labute approximate surface area is 105 Å². The summed E-state index contributed by atoms with van der Waals surface area (Å²) in [5.74, 6) is -0.210. The number of nitrogens with one attached hydrogen (secondary N) is 1. The number of hydrogen-bond donors (Lipinski definition) is 1. The lowest BCUT2D eigenvalue weighted by molar-refractivity contribution is -0.385. The van der Waals surface area contributed by atoms with E-state index in [0.717, 1.165) is 6.20 Å². The van der Waals surface area contributed by atoms with Crippen molar-refractivity contribution in [2.75, 3.05) is 13.3 Å². The largest absolute Gasteiger partial charge is 0.345 e. The Morgan fingerprint density at radius 3 is 3.00 bits per heavy atom. The number of rotatable bonds is 3. The van der Waals surface area contributed by atoms with Gasteiger partial charge in [0.2, 0.25) is 0 Å². The number of carbonyl (C=O) groups excluding carboxylic acids is 1. The van der Waals surface area contributed by atoms with E-state index in [4.69, 9.17) is 0 Å². The van der Waals surface area contributed by atoms with Crippen molar-refractivity contribution in [3.05, 3.63) is 34.1 Å². The molecule has 0 fully saturated rings. The summed E-state index contributed by atoms with van der Waals surface area (Å²) in [6, 6.07) is 1.35. The van der Waals surface area contributed by atoms with Crippen LogP contribution < -0.4 is 0 Å². The molecule has 8 heteroatoms. The van der Waals surface area contributed by atoms with Crippen molar-refractivity contribution < 1.29 is 9.72 Å². The van der Waals surface area contributed by atoms with Gasteiger partial charge in [0, 0.05) is 31.0 Å². The third-order valence-electron chi connectivity index (χ3n) is 2.58. The number of aromatic nitrogens is 2. The molecule has 0 saturated carbocycles. The molecule has 0 radical (unpaired) electrons. The van der Waals surface area contributed by atoms with Gasteiger partial charge in [0.25, 0.3) is 11.6 Å². The lowest BCUT2D eigenvalue weighted by Crippen LogP contribution is -2.24. The van der Waals surface area contributed by atoms with Gasteiger partial charge in [-0.2, -0.15) is 0 Å². The molecule has 1 atom stereocenters. The van der Waals surface area contributed by atoms with Crippen molar-refractivity contribution in [2.24, 2.45) is 0 Å². The van der Waals surface area contributed by atoms with Crippen molar-refractivity contribution in [2.45, 2.75) is 0 Å².